The third kappa shape index (κ3) is 4.05. The van der Waals surface area contributed by atoms with Crippen LogP contribution in [0.1, 0.15) is 54.4 Å². The van der Waals surface area contributed by atoms with Crippen LogP contribution in [0.3, 0.4) is 0 Å². The van der Waals surface area contributed by atoms with Crippen LogP contribution in [0.15, 0.2) is 18.2 Å². The monoisotopic (exact) mass is 264 g/mol. The smallest absolute Gasteiger partial charge is 0.338 e. The average Bonchev–Trinajstić information content (AvgIpc) is 2.67. The summed E-state index contributed by atoms with van der Waals surface area (Å²) in [5.41, 5.74) is 0.913. The molecule has 1 aromatic rings. The maximum absolute atomic E-state index is 13.1. The highest BCUT2D eigenvalue weighted by Gasteiger charge is 2.15. The highest BCUT2D eigenvalue weighted by Crippen LogP contribution is 2.23. The van der Waals surface area contributed by atoms with E-state index in [1.165, 1.54) is 37.8 Å². The lowest BCUT2D eigenvalue weighted by Gasteiger charge is -2.14. The van der Waals surface area contributed by atoms with Crippen LogP contribution in [0, 0.1) is 18.7 Å². The highest BCUT2D eigenvalue weighted by atomic mass is 19.1. The van der Waals surface area contributed by atoms with E-state index in [2.05, 4.69) is 0 Å². The first-order chi connectivity index (χ1) is 9.16. The van der Waals surface area contributed by atoms with Gasteiger partial charge >= 0.3 is 5.97 Å². The van der Waals surface area contributed by atoms with E-state index in [0.717, 1.165) is 12.8 Å². The van der Waals surface area contributed by atoms with Gasteiger partial charge in [-0.15, -0.1) is 0 Å². The van der Waals surface area contributed by atoms with Crippen molar-refractivity contribution in [1.29, 1.82) is 0 Å². The zero-order valence-electron chi connectivity index (χ0n) is 11.5. The Kier molecular flexibility index (Phi) is 4.94. The van der Waals surface area contributed by atoms with Gasteiger partial charge in [-0.2, -0.15) is 0 Å². The Labute approximate surface area is 114 Å². The predicted molar refractivity (Wildman–Crippen MR) is 72.6 cm³/mol. The Hall–Kier alpha value is -1.38. The van der Waals surface area contributed by atoms with Crippen molar-refractivity contribution in [3.05, 3.63) is 35.1 Å². The van der Waals surface area contributed by atoms with Crippen molar-refractivity contribution in [1.82, 2.24) is 0 Å². The van der Waals surface area contributed by atoms with Crippen LogP contribution in [-0.2, 0) is 4.74 Å². The van der Waals surface area contributed by atoms with Crippen LogP contribution >= 0.6 is 0 Å². The third-order valence-electron chi connectivity index (χ3n) is 3.82. The number of carbonyl (C=O) groups excluding carboxylic acids is 1. The molecular weight excluding hydrogens is 243 g/mol. The fraction of sp³-hybridized carbons (Fsp3) is 0.562. The fourth-order valence-corrected chi connectivity index (χ4v) is 2.58. The van der Waals surface area contributed by atoms with Crippen molar-refractivity contribution in [2.24, 2.45) is 5.92 Å². The quantitative estimate of drug-likeness (QED) is 0.602. The van der Waals surface area contributed by atoms with Crippen LogP contribution < -0.4 is 0 Å². The summed E-state index contributed by atoms with van der Waals surface area (Å²) in [6.07, 6.45) is 7.35. The molecule has 1 aliphatic rings. The molecule has 0 saturated heterocycles. The third-order valence-corrected chi connectivity index (χ3v) is 3.82. The minimum Gasteiger partial charge on any atom is -0.462 e. The molecule has 0 amide bonds. The van der Waals surface area contributed by atoms with E-state index in [-0.39, 0.29) is 11.8 Å². The predicted octanol–water partition coefficient (Wildman–Crippen LogP) is 4.26. The van der Waals surface area contributed by atoms with E-state index in [9.17, 15) is 9.18 Å². The molecule has 0 N–H and O–H groups in total. The number of ether oxygens (including phenoxy) is 1. The van der Waals surface area contributed by atoms with E-state index in [1.54, 1.807) is 13.0 Å². The number of aryl methyl sites for hydroxylation is 1. The van der Waals surface area contributed by atoms with Crippen LogP contribution in [0.4, 0.5) is 4.39 Å². The van der Waals surface area contributed by atoms with Crippen molar-refractivity contribution in [3.63, 3.8) is 0 Å². The summed E-state index contributed by atoms with van der Waals surface area (Å²) in [7, 11) is 0. The zero-order chi connectivity index (χ0) is 13.7. The van der Waals surface area contributed by atoms with Gasteiger partial charge in [0.25, 0.3) is 0 Å². The molecule has 0 unspecified atom stereocenters. The molecule has 1 aromatic carbocycles. The van der Waals surface area contributed by atoms with Gasteiger partial charge in [0, 0.05) is 0 Å². The molecule has 3 heteroatoms. The fourth-order valence-electron chi connectivity index (χ4n) is 2.58. The van der Waals surface area contributed by atoms with Gasteiger partial charge < -0.3 is 4.74 Å². The summed E-state index contributed by atoms with van der Waals surface area (Å²) < 4.78 is 18.5. The molecule has 0 aliphatic heterocycles. The summed E-state index contributed by atoms with van der Waals surface area (Å²) in [6, 6.07) is 4.35. The second kappa shape index (κ2) is 6.69. The molecule has 0 radical (unpaired) electrons. The highest BCUT2D eigenvalue weighted by molar-refractivity contribution is 5.89. The molecule has 1 fully saturated rings. The number of esters is 1. The topological polar surface area (TPSA) is 26.3 Å². The number of carbonyl (C=O) groups is 1. The van der Waals surface area contributed by atoms with E-state index in [0.29, 0.717) is 23.7 Å². The first kappa shape index (κ1) is 14.0. The van der Waals surface area contributed by atoms with E-state index in [1.807, 2.05) is 0 Å². The van der Waals surface area contributed by atoms with E-state index in [4.69, 9.17) is 4.74 Å². The van der Waals surface area contributed by atoms with Gasteiger partial charge in [-0.3, -0.25) is 0 Å². The Morgan fingerprint density at radius 1 is 1.26 bits per heavy atom. The van der Waals surface area contributed by atoms with E-state index < -0.39 is 0 Å². The number of hydrogen-bond acceptors (Lipinski definition) is 2. The Bertz CT molecular complexity index is 434. The van der Waals surface area contributed by atoms with Gasteiger partial charge in [-0.25, -0.2) is 9.18 Å². The van der Waals surface area contributed by atoms with Crippen molar-refractivity contribution in [2.75, 3.05) is 6.61 Å². The Morgan fingerprint density at radius 2 is 1.95 bits per heavy atom. The molecule has 1 aliphatic carbocycles. The number of rotatable bonds is 3. The van der Waals surface area contributed by atoms with Crippen LogP contribution in [0.5, 0.6) is 0 Å². The number of halogens is 1. The molecule has 0 bridgehead atoms. The molecule has 0 aromatic heterocycles. The van der Waals surface area contributed by atoms with Gasteiger partial charge in [0.2, 0.25) is 0 Å². The second-order valence-electron chi connectivity index (χ2n) is 5.42. The number of benzene rings is 1. The van der Waals surface area contributed by atoms with Gasteiger partial charge in [-0.1, -0.05) is 25.7 Å². The normalized spacial score (nSPS) is 16.9. The summed E-state index contributed by atoms with van der Waals surface area (Å²) in [4.78, 5) is 11.9. The Morgan fingerprint density at radius 3 is 2.58 bits per heavy atom. The summed E-state index contributed by atoms with van der Waals surface area (Å²) in [5.74, 6) is -0.138. The molecular formula is C16H21FO2. The first-order valence-electron chi connectivity index (χ1n) is 7.10. The van der Waals surface area contributed by atoms with Crippen LogP contribution in [0.2, 0.25) is 0 Å². The average molecular weight is 264 g/mol. The molecule has 0 heterocycles. The van der Waals surface area contributed by atoms with Crippen LogP contribution in [-0.4, -0.2) is 12.6 Å². The van der Waals surface area contributed by atoms with E-state index >= 15 is 0 Å². The van der Waals surface area contributed by atoms with Crippen molar-refractivity contribution >= 4 is 5.97 Å². The molecule has 104 valence electrons. The molecule has 19 heavy (non-hydrogen) atoms. The largest absolute Gasteiger partial charge is 0.462 e. The zero-order valence-corrected chi connectivity index (χ0v) is 11.5. The molecule has 2 nitrogen and oxygen atoms in total. The molecule has 2 rings (SSSR count). The molecule has 0 atom stereocenters. The SMILES string of the molecule is Cc1cc(C(=O)OCC2CCCCCC2)ccc1F. The van der Waals surface area contributed by atoms with Gasteiger partial charge in [-0.05, 0) is 49.4 Å². The van der Waals surface area contributed by atoms with Gasteiger partial charge in [0.05, 0.1) is 12.2 Å². The van der Waals surface area contributed by atoms with Crippen molar-refractivity contribution < 1.29 is 13.9 Å². The first-order valence-corrected chi connectivity index (χ1v) is 7.10. The number of hydrogen-bond donors (Lipinski definition) is 0. The lowest BCUT2D eigenvalue weighted by Crippen LogP contribution is -2.14. The lowest BCUT2D eigenvalue weighted by atomic mass is 10.0. The Balaban J connectivity index is 1.87. The standard InChI is InChI=1S/C16H21FO2/c1-12-10-14(8-9-15(12)17)16(18)19-11-13-6-4-2-3-5-7-13/h8-10,13H,2-7,11H2,1H3. The summed E-state index contributed by atoms with van der Waals surface area (Å²) in [5, 5.41) is 0. The second-order valence-corrected chi connectivity index (χ2v) is 5.42. The maximum atomic E-state index is 13.1. The summed E-state index contributed by atoms with van der Waals surface area (Å²) in [6.45, 7) is 2.15. The van der Waals surface area contributed by atoms with Crippen LogP contribution in [0.25, 0.3) is 0 Å². The van der Waals surface area contributed by atoms with Gasteiger partial charge in [0.15, 0.2) is 0 Å². The lowest BCUT2D eigenvalue weighted by molar-refractivity contribution is 0.0427. The minimum atomic E-state index is -0.340. The maximum Gasteiger partial charge on any atom is 0.338 e. The summed E-state index contributed by atoms with van der Waals surface area (Å²) >= 11 is 0. The van der Waals surface area contributed by atoms with Gasteiger partial charge in [0.1, 0.15) is 5.82 Å². The minimum absolute atomic E-state index is 0.291. The molecule has 1 saturated carbocycles. The van der Waals surface area contributed by atoms with Crippen molar-refractivity contribution in [2.45, 2.75) is 45.4 Å². The van der Waals surface area contributed by atoms with Crippen molar-refractivity contribution in [3.8, 4) is 0 Å². The molecule has 0 spiro atoms.